The van der Waals surface area contributed by atoms with E-state index >= 15 is 0 Å². The molecule has 0 bridgehead atoms. The Labute approximate surface area is 115 Å². The Balaban J connectivity index is 4.92. The van der Waals surface area contributed by atoms with Crippen LogP contribution < -0.4 is 5.32 Å². The van der Waals surface area contributed by atoms with Gasteiger partial charge in [-0.05, 0) is 32.6 Å². The summed E-state index contributed by atoms with van der Waals surface area (Å²) in [6.07, 6.45) is -0.571. The lowest BCUT2D eigenvalue weighted by Gasteiger charge is -2.31. The lowest BCUT2D eigenvalue weighted by Crippen LogP contribution is -2.49. The van der Waals surface area contributed by atoms with Crippen LogP contribution in [-0.4, -0.2) is 28.8 Å². The lowest BCUT2D eigenvalue weighted by molar-refractivity contribution is -0.145. The van der Waals surface area contributed by atoms with Crippen molar-refractivity contribution < 1.29 is 19.4 Å². The molecule has 2 N–H and O–H groups in total. The molecule has 0 fully saturated rings. The number of carbonyl (C=O) groups is 2. The van der Waals surface area contributed by atoms with Gasteiger partial charge in [0.2, 0.25) is 0 Å². The monoisotopic (exact) mass is 273 g/mol. The summed E-state index contributed by atoms with van der Waals surface area (Å²) in [5.74, 6) is -1.59. The van der Waals surface area contributed by atoms with Gasteiger partial charge in [-0.25, -0.2) is 4.79 Å². The number of carboxylic acid groups (broad SMARTS) is 1. The number of hydrogen-bond donors (Lipinski definition) is 2. The van der Waals surface area contributed by atoms with Crippen molar-refractivity contribution in [3.63, 3.8) is 0 Å². The van der Waals surface area contributed by atoms with E-state index in [0.29, 0.717) is 0 Å². The summed E-state index contributed by atoms with van der Waals surface area (Å²) in [6.45, 7) is 12.8. The Kier molecular flexibility index (Phi) is 6.33. The fourth-order valence-corrected chi connectivity index (χ4v) is 1.97. The van der Waals surface area contributed by atoms with Crippen LogP contribution in [0.15, 0.2) is 0 Å². The average molecular weight is 273 g/mol. The van der Waals surface area contributed by atoms with Gasteiger partial charge < -0.3 is 15.2 Å². The van der Waals surface area contributed by atoms with Crippen LogP contribution in [0.2, 0.25) is 0 Å². The Bertz CT molecular complexity index is 318. The quantitative estimate of drug-likeness (QED) is 0.807. The number of ether oxygens (including phenoxy) is 1. The minimum atomic E-state index is -0.898. The second-order valence-electron chi connectivity index (χ2n) is 6.52. The number of amides is 1. The van der Waals surface area contributed by atoms with Crippen LogP contribution in [0.4, 0.5) is 4.79 Å². The third-order valence-corrected chi connectivity index (χ3v) is 2.79. The van der Waals surface area contributed by atoms with Crippen molar-refractivity contribution in [2.45, 2.75) is 60.1 Å². The van der Waals surface area contributed by atoms with E-state index in [2.05, 4.69) is 5.32 Å². The summed E-state index contributed by atoms with van der Waals surface area (Å²) < 4.78 is 5.19. The Morgan fingerprint density at radius 2 is 1.53 bits per heavy atom. The maximum Gasteiger partial charge on any atom is 0.407 e. The second-order valence-corrected chi connectivity index (χ2v) is 6.52. The molecule has 0 aromatic heterocycles. The SMILES string of the molecule is CC(C)C(NC(=O)OC(C)(C)C)C(C(=O)O)C(C)C. The normalized spacial score (nSPS) is 15.2. The van der Waals surface area contributed by atoms with E-state index in [0.717, 1.165) is 0 Å². The molecule has 0 heterocycles. The zero-order valence-corrected chi connectivity index (χ0v) is 13.0. The zero-order chi connectivity index (χ0) is 15.4. The van der Waals surface area contributed by atoms with Crippen molar-refractivity contribution in [1.29, 1.82) is 0 Å². The van der Waals surface area contributed by atoms with E-state index in [-0.39, 0.29) is 11.8 Å². The predicted octanol–water partition coefficient (Wildman–Crippen LogP) is 2.89. The average Bonchev–Trinajstić information content (AvgIpc) is 2.11. The fourth-order valence-electron chi connectivity index (χ4n) is 1.97. The van der Waals surface area contributed by atoms with Gasteiger partial charge in [0.15, 0.2) is 0 Å². The van der Waals surface area contributed by atoms with Crippen molar-refractivity contribution >= 4 is 12.1 Å². The van der Waals surface area contributed by atoms with Gasteiger partial charge in [-0.1, -0.05) is 27.7 Å². The molecular weight excluding hydrogens is 246 g/mol. The molecule has 1 amide bonds. The Morgan fingerprint density at radius 1 is 1.05 bits per heavy atom. The molecule has 112 valence electrons. The van der Waals surface area contributed by atoms with Crippen molar-refractivity contribution in [2.24, 2.45) is 17.8 Å². The third kappa shape index (κ3) is 6.45. The highest BCUT2D eigenvalue weighted by atomic mass is 16.6. The molecular formula is C14H27NO4. The van der Waals surface area contributed by atoms with E-state index in [1.807, 2.05) is 27.7 Å². The molecule has 0 aliphatic heterocycles. The molecule has 0 aliphatic rings. The zero-order valence-electron chi connectivity index (χ0n) is 13.0. The molecule has 0 saturated carbocycles. The van der Waals surface area contributed by atoms with Gasteiger partial charge in [0.25, 0.3) is 0 Å². The molecule has 5 heteroatoms. The Morgan fingerprint density at radius 3 is 1.79 bits per heavy atom. The highest BCUT2D eigenvalue weighted by molar-refractivity contribution is 5.74. The largest absolute Gasteiger partial charge is 0.481 e. The minimum absolute atomic E-state index is 0.0102. The molecule has 2 atom stereocenters. The summed E-state index contributed by atoms with van der Waals surface area (Å²) >= 11 is 0. The molecule has 0 aliphatic carbocycles. The Hall–Kier alpha value is -1.26. The summed E-state index contributed by atoms with van der Waals surface area (Å²) in [5.41, 5.74) is -0.595. The molecule has 0 saturated heterocycles. The number of alkyl carbamates (subject to hydrolysis) is 1. The number of hydrogen-bond acceptors (Lipinski definition) is 3. The summed E-state index contributed by atoms with van der Waals surface area (Å²) in [5, 5.41) is 12.0. The van der Waals surface area contributed by atoms with E-state index in [9.17, 15) is 14.7 Å². The van der Waals surface area contributed by atoms with Crippen molar-refractivity contribution in [2.75, 3.05) is 0 Å². The van der Waals surface area contributed by atoms with E-state index < -0.39 is 29.6 Å². The van der Waals surface area contributed by atoms with Crippen molar-refractivity contribution in [1.82, 2.24) is 5.32 Å². The number of carbonyl (C=O) groups excluding carboxylic acids is 1. The number of nitrogens with one attached hydrogen (secondary N) is 1. The highest BCUT2D eigenvalue weighted by Gasteiger charge is 2.35. The number of carboxylic acids is 1. The van der Waals surface area contributed by atoms with Gasteiger partial charge in [0.05, 0.1) is 5.92 Å². The van der Waals surface area contributed by atoms with Gasteiger partial charge in [0.1, 0.15) is 5.60 Å². The van der Waals surface area contributed by atoms with Crippen LogP contribution in [0.5, 0.6) is 0 Å². The van der Waals surface area contributed by atoms with Gasteiger partial charge >= 0.3 is 12.1 Å². The lowest BCUT2D eigenvalue weighted by atomic mass is 9.83. The van der Waals surface area contributed by atoms with E-state index in [1.54, 1.807) is 20.8 Å². The van der Waals surface area contributed by atoms with Crippen LogP contribution >= 0.6 is 0 Å². The van der Waals surface area contributed by atoms with Crippen LogP contribution in [0.1, 0.15) is 48.5 Å². The van der Waals surface area contributed by atoms with Crippen molar-refractivity contribution in [3.05, 3.63) is 0 Å². The first-order valence-electron chi connectivity index (χ1n) is 6.68. The topological polar surface area (TPSA) is 75.6 Å². The predicted molar refractivity (Wildman–Crippen MR) is 74.0 cm³/mol. The first-order chi connectivity index (χ1) is 8.45. The summed E-state index contributed by atoms with van der Waals surface area (Å²) in [4.78, 5) is 23.2. The van der Waals surface area contributed by atoms with E-state index in [1.165, 1.54) is 0 Å². The standard InChI is InChI=1S/C14H27NO4/c1-8(2)10(12(16)17)11(9(3)4)15-13(18)19-14(5,6)7/h8-11H,1-7H3,(H,15,18)(H,16,17). The second kappa shape index (κ2) is 6.78. The number of aliphatic carboxylic acids is 1. The van der Waals surface area contributed by atoms with E-state index in [4.69, 9.17) is 4.74 Å². The minimum Gasteiger partial charge on any atom is -0.481 e. The van der Waals surface area contributed by atoms with Crippen LogP contribution in [0, 0.1) is 17.8 Å². The maximum absolute atomic E-state index is 11.8. The molecule has 19 heavy (non-hydrogen) atoms. The molecule has 0 aromatic carbocycles. The molecule has 0 rings (SSSR count). The first-order valence-corrected chi connectivity index (χ1v) is 6.68. The molecule has 0 radical (unpaired) electrons. The molecule has 0 aromatic rings. The highest BCUT2D eigenvalue weighted by Crippen LogP contribution is 2.22. The fraction of sp³-hybridized carbons (Fsp3) is 0.857. The first kappa shape index (κ1) is 17.7. The smallest absolute Gasteiger partial charge is 0.407 e. The number of rotatable bonds is 5. The van der Waals surface area contributed by atoms with Gasteiger partial charge in [-0.15, -0.1) is 0 Å². The van der Waals surface area contributed by atoms with Gasteiger partial charge in [-0.2, -0.15) is 0 Å². The van der Waals surface area contributed by atoms with Crippen LogP contribution in [-0.2, 0) is 9.53 Å². The van der Waals surface area contributed by atoms with Gasteiger partial charge in [0, 0.05) is 6.04 Å². The van der Waals surface area contributed by atoms with Crippen LogP contribution in [0.3, 0.4) is 0 Å². The molecule has 0 spiro atoms. The van der Waals surface area contributed by atoms with Crippen LogP contribution in [0.25, 0.3) is 0 Å². The molecule has 5 nitrogen and oxygen atoms in total. The van der Waals surface area contributed by atoms with Gasteiger partial charge in [-0.3, -0.25) is 4.79 Å². The van der Waals surface area contributed by atoms with Crippen molar-refractivity contribution in [3.8, 4) is 0 Å². The maximum atomic E-state index is 11.8. The summed E-state index contributed by atoms with van der Waals surface area (Å²) in [7, 11) is 0. The third-order valence-electron chi connectivity index (χ3n) is 2.79. The summed E-state index contributed by atoms with van der Waals surface area (Å²) in [6, 6.07) is -0.452. The molecule has 2 unspecified atom stereocenters.